The summed E-state index contributed by atoms with van der Waals surface area (Å²) in [6.07, 6.45) is 2.60. The lowest BCUT2D eigenvalue weighted by atomic mass is 9.88. The average molecular weight is 214 g/mol. The predicted molar refractivity (Wildman–Crippen MR) is 59.8 cm³/mol. The van der Waals surface area contributed by atoms with Gasteiger partial charge in [-0.1, -0.05) is 6.92 Å². The summed E-state index contributed by atoms with van der Waals surface area (Å²) in [4.78, 5) is 12.0. The Bertz CT molecular complexity index is 201. The van der Waals surface area contributed by atoms with Gasteiger partial charge in [-0.15, -0.1) is 0 Å². The van der Waals surface area contributed by atoms with Crippen LogP contribution in [0.1, 0.15) is 33.1 Å². The Balaban J connectivity index is 2.61. The summed E-state index contributed by atoms with van der Waals surface area (Å²) >= 11 is 0. The number of ether oxygens (including phenoxy) is 1. The molecule has 1 fully saturated rings. The number of hydrogen-bond donors (Lipinski definition) is 2. The van der Waals surface area contributed by atoms with Gasteiger partial charge in [-0.05, 0) is 32.7 Å². The van der Waals surface area contributed by atoms with Gasteiger partial charge in [0.05, 0.1) is 0 Å². The van der Waals surface area contributed by atoms with Gasteiger partial charge >= 0.3 is 0 Å². The number of amides is 1. The largest absolute Gasteiger partial charge is 0.381 e. The molecule has 1 aliphatic rings. The highest BCUT2D eigenvalue weighted by molar-refractivity contribution is 5.86. The molecule has 4 nitrogen and oxygen atoms in total. The average Bonchev–Trinajstić information content (AvgIpc) is 2.28. The van der Waals surface area contributed by atoms with Crippen LogP contribution in [-0.2, 0) is 9.53 Å². The Morgan fingerprint density at radius 2 is 2.00 bits per heavy atom. The molecule has 1 heterocycles. The van der Waals surface area contributed by atoms with Gasteiger partial charge in [-0.25, -0.2) is 0 Å². The van der Waals surface area contributed by atoms with E-state index in [1.807, 2.05) is 6.92 Å². The van der Waals surface area contributed by atoms with Crippen LogP contribution in [0.3, 0.4) is 0 Å². The molecule has 2 N–H and O–H groups in total. The molecule has 1 amide bonds. The van der Waals surface area contributed by atoms with E-state index in [0.717, 1.165) is 25.8 Å². The summed E-state index contributed by atoms with van der Waals surface area (Å²) in [5.74, 6) is 0.127. The van der Waals surface area contributed by atoms with Crippen LogP contribution < -0.4 is 10.6 Å². The summed E-state index contributed by atoms with van der Waals surface area (Å²) in [5.41, 5.74) is -0.385. The van der Waals surface area contributed by atoms with E-state index in [-0.39, 0.29) is 11.4 Å². The molecule has 1 rings (SSSR count). The fourth-order valence-electron chi connectivity index (χ4n) is 1.90. The number of rotatable bonds is 5. The first-order valence-corrected chi connectivity index (χ1v) is 5.86. The van der Waals surface area contributed by atoms with Crippen LogP contribution >= 0.6 is 0 Å². The zero-order valence-corrected chi connectivity index (χ0v) is 9.77. The second-order valence-corrected chi connectivity index (χ2v) is 3.98. The van der Waals surface area contributed by atoms with E-state index in [2.05, 4.69) is 17.6 Å². The van der Waals surface area contributed by atoms with Crippen molar-refractivity contribution >= 4 is 5.91 Å². The summed E-state index contributed by atoms with van der Waals surface area (Å²) < 4.78 is 5.31. The summed E-state index contributed by atoms with van der Waals surface area (Å²) in [6.45, 7) is 6.98. The van der Waals surface area contributed by atoms with Crippen LogP contribution in [0.25, 0.3) is 0 Å². The maximum atomic E-state index is 12.0. The summed E-state index contributed by atoms with van der Waals surface area (Å²) in [6, 6.07) is 0. The highest BCUT2D eigenvalue weighted by Crippen LogP contribution is 2.20. The molecule has 0 aliphatic carbocycles. The van der Waals surface area contributed by atoms with Crippen molar-refractivity contribution in [3.8, 4) is 0 Å². The highest BCUT2D eigenvalue weighted by Gasteiger charge is 2.38. The van der Waals surface area contributed by atoms with Crippen molar-refractivity contribution in [3.05, 3.63) is 0 Å². The minimum atomic E-state index is -0.385. The number of likely N-dealkylation sites (N-methyl/N-ethyl adjacent to an activating group) is 1. The molecule has 0 unspecified atom stereocenters. The van der Waals surface area contributed by atoms with E-state index in [0.29, 0.717) is 19.8 Å². The Hall–Kier alpha value is -0.610. The molecule has 0 aromatic rings. The minimum absolute atomic E-state index is 0.127. The van der Waals surface area contributed by atoms with Crippen molar-refractivity contribution in [1.82, 2.24) is 10.6 Å². The molecule has 1 aliphatic heterocycles. The Morgan fingerprint density at radius 3 is 2.53 bits per heavy atom. The van der Waals surface area contributed by atoms with Crippen LogP contribution in [0.5, 0.6) is 0 Å². The molecule has 0 aromatic heterocycles. The SMILES string of the molecule is CCCNC1(C(=O)NCC)CCOCC1. The zero-order chi connectivity index (χ0) is 11.1. The minimum Gasteiger partial charge on any atom is -0.381 e. The van der Waals surface area contributed by atoms with Crippen molar-refractivity contribution in [3.63, 3.8) is 0 Å². The molecule has 88 valence electrons. The maximum Gasteiger partial charge on any atom is 0.240 e. The Kier molecular flexibility index (Phi) is 5.05. The van der Waals surface area contributed by atoms with Gasteiger partial charge in [0, 0.05) is 19.8 Å². The van der Waals surface area contributed by atoms with Gasteiger partial charge in [0.25, 0.3) is 0 Å². The fraction of sp³-hybridized carbons (Fsp3) is 0.909. The number of carbonyl (C=O) groups excluding carboxylic acids is 1. The van der Waals surface area contributed by atoms with Crippen LogP contribution in [0, 0.1) is 0 Å². The first-order chi connectivity index (χ1) is 7.25. The lowest BCUT2D eigenvalue weighted by Crippen LogP contribution is -2.59. The standard InChI is InChI=1S/C11H22N2O2/c1-3-7-13-11(10(14)12-4-2)5-8-15-9-6-11/h13H,3-9H2,1-2H3,(H,12,14). The molecular weight excluding hydrogens is 192 g/mol. The van der Waals surface area contributed by atoms with Gasteiger partial charge in [-0.3, -0.25) is 4.79 Å². The number of nitrogens with one attached hydrogen (secondary N) is 2. The van der Waals surface area contributed by atoms with Crippen molar-refractivity contribution in [2.45, 2.75) is 38.6 Å². The van der Waals surface area contributed by atoms with E-state index in [1.165, 1.54) is 0 Å². The topological polar surface area (TPSA) is 50.4 Å². The number of carbonyl (C=O) groups is 1. The smallest absolute Gasteiger partial charge is 0.240 e. The molecule has 0 radical (unpaired) electrons. The third kappa shape index (κ3) is 3.18. The van der Waals surface area contributed by atoms with E-state index >= 15 is 0 Å². The maximum absolute atomic E-state index is 12.0. The van der Waals surface area contributed by atoms with Crippen molar-refractivity contribution < 1.29 is 9.53 Å². The van der Waals surface area contributed by atoms with Gasteiger partial charge < -0.3 is 15.4 Å². The van der Waals surface area contributed by atoms with Crippen LogP contribution in [0.15, 0.2) is 0 Å². The lowest BCUT2D eigenvalue weighted by Gasteiger charge is -2.36. The van der Waals surface area contributed by atoms with E-state index < -0.39 is 0 Å². The van der Waals surface area contributed by atoms with E-state index in [9.17, 15) is 4.79 Å². The zero-order valence-electron chi connectivity index (χ0n) is 9.77. The molecule has 15 heavy (non-hydrogen) atoms. The summed E-state index contributed by atoms with van der Waals surface area (Å²) in [5, 5.41) is 6.29. The monoisotopic (exact) mass is 214 g/mol. The van der Waals surface area contributed by atoms with Crippen LogP contribution in [-0.4, -0.2) is 37.7 Å². The third-order valence-corrected chi connectivity index (χ3v) is 2.83. The highest BCUT2D eigenvalue weighted by atomic mass is 16.5. The summed E-state index contributed by atoms with van der Waals surface area (Å²) in [7, 11) is 0. The molecule has 0 spiro atoms. The van der Waals surface area contributed by atoms with Crippen molar-refractivity contribution in [2.24, 2.45) is 0 Å². The first-order valence-electron chi connectivity index (χ1n) is 5.86. The van der Waals surface area contributed by atoms with E-state index in [1.54, 1.807) is 0 Å². The first kappa shape index (κ1) is 12.5. The quantitative estimate of drug-likeness (QED) is 0.707. The molecule has 0 atom stereocenters. The van der Waals surface area contributed by atoms with Gasteiger partial charge in [0.15, 0.2) is 0 Å². The molecule has 0 saturated carbocycles. The number of hydrogen-bond acceptors (Lipinski definition) is 3. The molecule has 0 bridgehead atoms. The van der Waals surface area contributed by atoms with Crippen LogP contribution in [0.2, 0.25) is 0 Å². The van der Waals surface area contributed by atoms with Crippen molar-refractivity contribution in [2.75, 3.05) is 26.3 Å². The van der Waals surface area contributed by atoms with Gasteiger partial charge in [-0.2, -0.15) is 0 Å². The molecule has 0 aromatic carbocycles. The third-order valence-electron chi connectivity index (χ3n) is 2.83. The Morgan fingerprint density at radius 1 is 1.33 bits per heavy atom. The normalized spacial score (nSPS) is 19.9. The predicted octanol–water partition coefficient (Wildman–Crippen LogP) is 0.671. The second-order valence-electron chi connectivity index (χ2n) is 3.98. The van der Waals surface area contributed by atoms with Crippen molar-refractivity contribution in [1.29, 1.82) is 0 Å². The Labute approximate surface area is 91.8 Å². The van der Waals surface area contributed by atoms with Crippen LogP contribution in [0.4, 0.5) is 0 Å². The fourth-order valence-corrected chi connectivity index (χ4v) is 1.90. The molecule has 4 heteroatoms. The molecular formula is C11H22N2O2. The second kappa shape index (κ2) is 6.08. The molecule has 1 saturated heterocycles. The van der Waals surface area contributed by atoms with E-state index in [4.69, 9.17) is 4.74 Å². The van der Waals surface area contributed by atoms with Gasteiger partial charge in [0.2, 0.25) is 5.91 Å². The van der Waals surface area contributed by atoms with Gasteiger partial charge in [0.1, 0.15) is 5.54 Å². The lowest BCUT2D eigenvalue weighted by molar-refractivity contribution is -0.131.